The molecule has 0 spiro atoms. The average Bonchev–Trinajstić information content (AvgIpc) is 2.37. The van der Waals surface area contributed by atoms with Crippen molar-refractivity contribution in [2.45, 2.75) is 25.1 Å². The quantitative estimate of drug-likeness (QED) is 0.896. The Morgan fingerprint density at radius 3 is 2.45 bits per heavy atom. The first-order valence-corrected chi connectivity index (χ1v) is 6.40. The van der Waals surface area contributed by atoms with E-state index in [4.69, 9.17) is 5.73 Å². The molecule has 1 fully saturated rings. The number of piperidine rings is 1. The third kappa shape index (κ3) is 3.30. The molecule has 0 atom stereocenters. The molecule has 1 aromatic heterocycles. The molecule has 20 heavy (non-hydrogen) atoms. The number of nitrogen functional groups attached to an aromatic ring is 1. The highest BCUT2D eigenvalue weighted by molar-refractivity contribution is 5.47. The Morgan fingerprint density at radius 1 is 1.30 bits per heavy atom. The van der Waals surface area contributed by atoms with Crippen LogP contribution in [0.5, 0.6) is 0 Å². The third-order valence-electron chi connectivity index (χ3n) is 3.58. The number of nitrogens with zero attached hydrogens (tertiary/aromatic N) is 4. The zero-order valence-corrected chi connectivity index (χ0v) is 11.5. The zero-order chi connectivity index (χ0) is 14.9. The highest BCUT2D eigenvalue weighted by Crippen LogP contribution is 2.29. The van der Waals surface area contributed by atoms with Crippen LogP contribution in [-0.2, 0) is 6.18 Å². The van der Waals surface area contributed by atoms with E-state index in [-0.39, 0.29) is 17.7 Å². The monoisotopic (exact) mass is 289 g/mol. The Morgan fingerprint density at radius 2 is 1.90 bits per heavy atom. The average molecular weight is 289 g/mol. The highest BCUT2D eigenvalue weighted by atomic mass is 19.4. The Bertz CT molecular complexity index is 469. The van der Waals surface area contributed by atoms with Gasteiger partial charge in [0.2, 0.25) is 5.82 Å². The summed E-state index contributed by atoms with van der Waals surface area (Å²) in [7, 11) is 3.78. The van der Waals surface area contributed by atoms with Crippen LogP contribution >= 0.6 is 0 Å². The fourth-order valence-electron chi connectivity index (χ4n) is 2.33. The van der Waals surface area contributed by atoms with Crippen LogP contribution in [0.4, 0.5) is 24.8 Å². The first-order valence-electron chi connectivity index (χ1n) is 6.40. The number of halogens is 3. The van der Waals surface area contributed by atoms with Crippen molar-refractivity contribution < 1.29 is 13.2 Å². The maximum absolute atomic E-state index is 12.7. The molecule has 0 saturated carbocycles. The maximum Gasteiger partial charge on any atom is 0.451 e. The third-order valence-corrected chi connectivity index (χ3v) is 3.58. The topological polar surface area (TPSA) is 58.3 Å². The number of rotatable bonds is 2. The van der Waals surface area contributed by atoms with Crippen LogP contribution in [0.3, 0.4) is 0 Å². The molecular weight excluding hydrogens is 271 g/mol. The SMILES string of the molecule is CN1CCC(N(C)c2cc(N)nc(C(F)(F)F)n2)CC1. The van der Waals surface area contributed by atoms with Crippen LogP contribution in [0.2, 0.25) is 0 Å². The molecule has 0 aromatic carbocycles. The lowest BCUT2D eigenvalue weighted by atomic mass is 10.0. The summed E-state index contributed by atoms with van der Waals surface area (Å²) in [6, 6.07) is 1.55. The molecule has 5 nitrogen and oxygen atoms in total. The van der Waals surface area contributed by atoms with Gasteiger partial charge in [-0.1, -0.05) is 0 Å². The van der Waals surface area contributed by atoms with Gasteiger partial charge in [-0.2, -0.15) is 13.2 Å². The van der Waals surface area contributed by atoms with Crippen molar-refractivity contribution in [1.82, 2.24) is 14.9 Å². The van der Waals surface area contributed by atoms with Gasteiger partial charge in [-0.3, -0.25) is 0 Å². The number of hydrogen-bond acceptors (Lipinski definition) is 5. The van der Waals surface area contributed by atoms with Crippen molar-refractivity contribution in [1.29, 1.82) is 0 Å². The summed E-state index contributed by atoms with van der Waals surface area (Å²) >= 11 is 0. The lowest BCUT2D eigenvalue weighted by Crippen LogP contribution is -2.42. The van der Waals surface area contributed by atoms with E-state index in [0.29, 0.717) is 0 Å². The first kappa shape index (κ1) is 14.8. The van der Waals surface area contributed by atoms with Gasteiger partial charge >= 0.3 is 6.18 Å². The number of likely N-dealkylation sites (tertiary alicyclic amines) is 1. The van der Waals surface area contributed by atoms with Crippen molar-refractivity contribution >= 4 is 11.6 Å². The van der Waals surface area contributed by atoms with E-state index in [1.807, 2.05) is 7.05 Å². The largest absolute Gasteiger partial charge is 0.451 e. The summed E-state index contributed by atoms with van der Waals surface area (Å²) in [4.78, 5) is 10.8. The van der Waals surface area contributed by atoms with Gasteiger partial charge in [-0.15, -0.1) is 0 Å². The summed E-state index contributed by atoms with van der Waals surface area (Å²) in [5, 5.41) is 0. The van der Waals surface area contributed by atoms with Crippen molar-refractivity contribution in [3.63, 3.8) is 0 Å². The van der Waals surface area contributed by atoms with Gasteiger partial charge in [0, 0.05) is 19.2 Å². The summed E-state index contributed by atoms with van der Waals surface area (Å²) in [5.41, 5.74) is 5.46. The van der Waals surface area contributed by atoms with Crippen molar-refractivity contribution in [3.8, 4) is 0 Å². The molecule has 1 aliphatic rings. The number of nitrogens with two attached hydrogens (primary N) is 1. The van der Waals surface area contributed by atoms with E-state index >= 15 is 0 Å². The summed E-state index contributed by atoms with van der Waals surface area (Å²) in [6.45, 7) is 1.84. The molecule has 1 saturated heterocycles. The molecule has 2 rings (SSSR count). The van der Waals surface area contributed by atoms with Crippen LogP contribution < -0.4 is 10.6 Å². The van der Waals surface area contributed by atoms with Gasteiger partial charge in [-0.05, 0) is 33.0 Å². The van der Waals surface area contributed by atoms with Crippen molar-refractivity contribution in [3.05, 3.63) is 11.9 Å². The van der Waals surface area contributed by atoms with E-state index in [9.17, 15) is 13.2 Å². The second-order valence-corrected chi connectivity index (χ2v) is 5.12. The summed E-state index contributed by atoms with van der Waals surface area (Å²) in [5.74, 6) is -1.13. The summed E-state index contributed by atoms with van der Waals surface area (Å²) in [6.07, 6.45) is -2.81. The van der Waals surface area contributed by atoms with Gasteiger partial charge in [0.15, 0.2) is 0 Å². The molecule has 1 aromatic rings. The Kier molecular flexibility index (Phi) is 4.03. The van der Waals surface area contributed by atoms with E-state index in [1.54, 1.807) is 11.9 Å². The molecular formula is C12H18F3N5. The Balaban J connectivity index is 2.21. The predicted octanol–water partition coefficient (Wildman–Crippen LogP) is 1.61. The van der Waals surface area contributed by atoms with Gasteiger partial charge in [-0.25, -0.2) is 9.97 Å². The van der Waals surface area contributed by atoms with Gasteiger partial charge < -0.3 is 15.5 Å². The van der Waals surface area contributed by atoms with E-state index in [1.165, 1.54) is 6.07 Å². The van der Waals surface area contributed by atoms with Crippen molar-refractivity contribution in [2.24, 2.45) is 0 Å². The summed E-state index contributed by atoms with van der Waals surface area (Å²) < 4.78 is 38.1. The molecule has 0 amide bonds. The molecule has 0 bridgehead atoms. The molecule has 0 radical (unpaired) electrons. The fraction of sp³-hybridized carbons (Fsp3) is 0.667. The molecule has 1 aliphatic heterocycles. The Hall–Kier alpha value is -1.57. The lowest BCUT2D eigenvalue weighted by Gasteiger charge is -2.35. The van der Waals surface area contributed by atoms with Gasteiger partial charge in [0.25, 0.3) is 0 Å². The number of aromatic nitrogens is 2. The minimum absolute atomic E-state index is 0.165. The standard InChI is InChI=1S/C12H18F3N5/c1-19-5-3-8(4-6-19)20(2)10-7-9(16)17-11(18-10)12(13,14)15/h7-8H,3-6H2,1-2H3,(H2,16,17,18). The lowest BCUT2D eigenvalue weighted by molar-refractivity contribution is -0.144. The molecule has 0 aliphatic carbocycles. The maximum atomic E-state index is 12.7. The number of anilines is 2. The van der Waals surface area contributed by atoms with Gasteiger partial charge in [0.05, 0.1) is 0 Å². The van der Waals surface area contributed by atoms with Crippen LogP contribution in [-0.4, -0.2) is 48.1 Å². The van der Waals surface area contributed by atoms with Crippen LogP contribution in [0.1, 0.15) is 18.7 Å². The predicted molar refractivity (Wildman–Crippen MR) is 70.4 cm³/mol. The van der Waals surface area contributed by atoms with E-state index in [0.717, 1.165) is 25.9 Å². The fourth-order valence-corrected chi connectivity index (χ4v) is 2.33. The highest BCUT2D eigenvalue weighted by Gasteiger charge is 2.36. The zero-order valence-electron chi connectivity index (χ0n) is 11.5. The number of alkyl halides is 3. The van der Waals surface area contributed by atoms with E-state index < -0.39 is 12.0 Å². The second kappa shape index (κ2) is 5.43. The van der Waals surface area contributed by atoms with Crippen molar-refractivity contribution in [2.75, 3.05) is 37.8 Å². The van der Waals surface area contributed by atoms with Crippen LogP contribution in [0.15, 0.2) is 6.07 Å². The van der Waals surface area contributed by atoms with Gasteiger partial charge in [0.1, 0.15) is 11.6 Å². The Labute approximate surface area is 115 Å². The minimum Gasteiger partial charge on any atom is -0.384 e. The number of hydrogen-bond donors (Lipinski definition) is 1. The molecule has 0 unspecified atom stereocenters. The van der Waals surface area contributed by atoms with Crippen LogP contribution in [0.25, 0.3) is 0 Å². The normalized spacial score (nSPS) is 18.2. The smallest absolute Gasteiger partial charge is 0.384 e. The molecule has 112 valence electrons. The molecule has 2 heterocycles. The first-order chi connectivity index (χ1) is 9.27. The molecule has 8 heteroatoms. The minimum atomic E-state index is -4.59. The second-order valence-electron chi connectivity index (χ2n) is 5.12. The van der Waals surface area contributed by atoms with Crippen LogP contribution in [0, 0.1) is 0 Å². The molecule has 2 N–H and O–H groups in total. The van der Waals surface area contributed by atoms with E-state index in [2.05, 4.69) is 14.9 Å².